The van der Waals surface area contributed by atoms with Gasteiger partial charge in [-0.2, -0.15) is 5.06 Å². The molecule has 1 aliphatic heterocycles. The number of allylic oxidation sites excluding steroid dienone is 1. The van der Waals surface area contributed by atoms with Gasteiger partial charge in [-0.25, -0.2) is 0 Å². The molecule has 0 aliphatic carbocycles. The zero-order valence-electron chi connectivity index (χ0n) is 11.8. The minimum atomic E-state index is -0.00510. The van der Waals surface area contributed by atoms with Crippen LogP contribution in [-0.2, 0) is 9.53 Å². The maximum absolute atomic E-state index is 11.7. The predicted octanol–water partition coefficient (Wildman–Crippen LogP) is 2.89. The highest BCUT2D eigenvalue weighted by molar-refractivity contribution is 5.76. The highest BCUT2D eigenvalue weighted by atomic mass is 16.7. The summed E-state index contributed by atoms with van der Waals surface area (Å²) in [5.41, 5.74) is 0.589. The van der Waals surface area contributed by atoms with Crippen molar-refractivity contribution in [3.63, 3.8) is 0 Å². The van der Waals surface area contributed by atoms with Crippen LogP contribution in [0.25, 0.3) is 5.76 Å². The lowest BCUT2D eigenvalue weighted by atomic mass is 10.1. The molecule has 1 aromatic rings. The summed E-state index contributed by atoms with van der Waals surface area (Å²) in [5.74, 6) is 1.00. The number of nitrogens with zero attached hydrogens (tertiary/aromatic N) is 1. The second-order valence-corrected chi connectivity index (χ2v) is 4.68. The Labute approximate surface area is 118 Å². The van der Waals surface area contributed by atoms with Gasteiger partial charge in [0.2, 0.25) is 0 Å². The zero-order chi connectivity index (χ0) is 14.5. The molecule has 0 radical (unpaired) electrons. The molecule has 0 spiro atoms. The van der Waals surface area contributed by atoms with E-state index in [-0.39, 0.29) is 11.7 Å². The second-order valence-electron chi connectivity index (χ2n) is 4.68. The van der Waals surface area contributed by atoms with Crippen LogP contribution in [0.15, 0.2) is 30.0 Å². The van der Waals surface area contributed by atoms with Crippen LogP contribution >= 0.6 is 0 Å². The fraction of sp³-hybridized carbons (Fsp3) is 0.400. The van der Waals surface area contributed by atoms with Gasteiger partial charge in [0.1, 0.15) is 5.76 Å². The standard InChI is InChI=1S/C15H19NO4/c1-11(19-2)15(18)12-6-5-7-13(10-12)20-16-9-4-3-8-14(16)17/h5-7,10,18H,3-4,8-9H2,1-2H3/b15-11-. The minimum Gasteiger partial charge on any atom is -0.504 e. The fourth-order valence-electron chi connectivity index (χ4n) is 2.00. The van der Waals surface area contributed by atoms with Crippen molar-refractivity contribution in [1.82, 2.24) is 5.06 Å². The van der Waals surface area contributed by atoms with Gasteiger partial charge in [-0.1, -0.05) is 12.1 Å². The predicted molar refractivity (Wildman–Crippen MR) is 74.9 cm³/mol. The van der Waals surface area contributed by atoms with Crippen LogP contribution < -0.4 is 4.84 Å². The Balaban J connectivity index is 2.16. The summed E-state index contributed by atoms with van der Waals surface area (Å²) in [6.45, 7) is 2.28. The number of ether oxygens (including phenoxy) is 1. The van der Waals surface area contributed by atoms with Gasteiger partial charge in [0.05, 0.1) is 13.7 Å². The summed E-state index contributed by atoms with van der Waals surface area (Å²) < 4.78 is 5.00. The molecule has 1 aromatic carbocycles. The number of benzene rings is 1. The topological polar surface area (TPSA) is 59.0 Å². The van der Waals surface area contributed by atoms with Crippen molar-refractivity contribution in [1.29, 1.82) is 0 Å². The Bertz CT molecular complexity index is 524. The quantitative estimate of drug-likeness (QED) is 0.860. The molecule has 1 amide bonds. The number of hydrogen-bond acceptors (Lipinski definition) is 4. The highest BCUT2D eigenvalue weighted by Gasteiger charge is 2.20. The third-order valence-electron chi connectivity index (χ3n) is 3.24. The third kappa shape index (κ3) is 3.23. The number of hydroxylamine groups is 2. The molecule has 0 saturated carbocycles. The van der Waals surface area contributed by atoms with E-state index in [0.717, 1.165) is 12.8 Å². The van der Waals surface area contributed by atoms with Gasteiger partial charge in [0.25, 0.3) is 5.91 Å². The maximum Gasteiger partial charge on any atom is 0.255 e. The molecule has 0 bridgehead atoms. The van der Waals surface area contributed by atoms with Crippen LogP contribution in [0, 0.1) is 0 Å². The van der Waals surface area contributed by atoms with Crippen LogP contribution in [0.1, 0.15) is 31.7 Å². The van der Waals surface area contributed by atoms with Crippen molar-refractivity contribution in [3.05, 3.63) is 35.6 Å². The Hall–Kier alpha value is -2.17. The first-order valence-corrected chi connectivity index (χ1v) is 6.64. The monoisotopic (exact) mass is 277 g/mol. The average Bonchev–Trinajstić information content (AvgIpc) is 2.48. The lowest BCUT2D eigenvalue weighted by Gasteiger charge is -2.26. The van der Waals surface area contributed by atoms with Crippen LogP contribution in [0.4, 0.5) is 0 Å². The second kappa shape index (κ2) is 6.32. The highest BCUT2D eigenvalue weighted by Crippen LogP contribution is 2.23. The largest absolute Gasteiger partial charge is 0.504 e. The summed E-state index contributed by atoms with van der Waals surface area (Å²) in [5, 5.41) is 11.4. The number of carbonyl (C=O) groups excluding carboxylic acids is 1. The molecule has 1 N–H and O–H groups in total. The summed E-state index contributed by atoms with van der Waals surface area (Å²) >= 11 is 0. The maximum atomic E-state index is 11.7. The van der Waals surface area contributed by atoms with E-state index in [0.29, 0.717) is 30.0 Å². The van der Waals surface area contributed by atoms with Crippen LogP contribution in [0.3, 0.4) is 0 Å². The number of carbonyl (C=O) groups is 1. The number of piperidine rings is 1. The molecule has 5 nitrogen and oxygen atoms in total. The first-order chi connectivity index (χ1) is 9.61. The molecule has 5 heteroatoms. The number of methoxy groups -OCH3 is 1. The molecular weight excluding hydrogens is 258 g/mol. The molecule has 0 unspecified atom stereocenters. The van der Waals surface area contributed by atoms with Crippen LogP contribution in [0.2, 0.25) is 0 Å². The molecule has 2 rings (SSSR count). The third-order valence-corrected chi connectivity index (χ3v) is 3.24. The lowest BCUT2D eigenvalue weighted by molar-refractivity contribution is -0.161. The Morgan fingerprint density at radius 2 is 2.15 bits per heavy atom. The minimum absolute atomic E-state index is 0.00510. The van der Waals surface area contributed by atoms with Gasteiger partial charge in [-0.3, -0.25) is 4.79 Å². The normalized spacial score (nSPS) is 16.7. The number of amides is 1. The lowest BCUT2D eigenvalue weighted by Crippen LogP contribution is -2.37. The zero-order valence-corrected chi connectivity index (χ0v) is 11.8. The SMILES string of the molecule is CO/C(C)=C(\O)c1cccc(ON2CCCCC2=O)c1. The molecule has 0 atom stereocenters. The molecule has 20 heavy (non-hydrogen) atoms. The van der Waals surface area contributed by atoms with Crippen molar-refractivity contribution >= 4 is 11.7 Å². The molecular formula is C15H19NO4. The van der Waals surface area contributed by atoms with Crippen molar-refractivity contribution in [2.45, 2.75) is 26.2 Å². The smallest absolute Gasteiger partial charge is 0.255 e. The van der Waals surface area contributed by atoms with E-state index in [4.69, 9.17) is 9.57 Å². The molecule has 1 heterocycles. The van der Waals surface area contributed by atoms with Crippen molar-refractivity contribution < 1.29 is 19.5 Å². The summed E-state index contributed by atoms with van der Waals surface area (Å²) in [6.07, 6.45) is 2.38. The van der Waals surface area contributed by atoms with Crippen molar-refractivity contribution in [2.24, 2.45) is 0 Å². The summed E-state index contributed by atoms with van der Waals surface area (Å²) in [6, 6.07) is 6.95. The molecule has 0 aromatic heterocycles. The number of hydrogen-bond donors (Lipinski definition) is 1. The van der Waals surface area contributed by atoms with E-state index < -0.39 is 0 Å². The fourth-order valence-corrected chi connectivity index (χ4v) is 2.00. The van der Waals surface area contributed by atoms with Crippen molar-refractivity contribution in [2.75, 3.05) is 13.7 Å². The van der Waals surface area contributed by atoms with Gasteiger partial charge in [-0.15, -0.1) is 0 Å². The van der Waals surface area contributed by atoms with Gasteiger partial charge in [0, 0.05) is 12.0 Å². The Morgan fingerprint density at radius 3 is 2.85 bits per heavy atom. The van der Waals surface area contributed by atoms with Crippen LogP contribution in [0.5, 0.6) is 5.75 Å². The van der Waals surface area contributed by atoms with E-state index in [1.807, 2.05) is 0 Å². The van der Waals surface area contributed by atoms with E-state index in [2.05, 4.69) is 0 Å². The summed E-state index contributed by atoms with van der Waals surface area (Å²) in [7, 11) is 1.50. The van der Waals surface area contributed by atoms with Gasteiger partial charge in [0.15, 0.2) is 11.5 Å². The molecule has 1 saturated heterocycles. The van der Waals surface area contributed by atoms with E-state index >= 15 is 0 Å². The first kappa shape index (κ1) is 14.2. The van der Waals surface area contributed by atoms with Crippen molar-refractivity contribution in [3.8, 4) is 5.75 Å². The average molecular weight is 277 g/mol. The first-order valence-electron chi connectivity index (χ1n) is 6.64. The number of aliphatic hydroxyl groups is 1. The van der Waals surface area contributed by atoms with E-state index in [1.54, 1.807) is 31.2 Å². The van der Waals surface area contributed by atoms with Gasteiger partial charge in [-0.05, 0) is 31.9 Å². The van der Waals surface area contributed by atoms with Gasteiger partial charge >= 0.3 is 0 Å². The number of rotatable bonds is 4. The van der Waals surface area contributed by atoms with Crippen LogP contribution in [-0.4, -0.2) is 29.7 Å². The van der Waals surface area contributed by atoms with E-state index in [1.165, 1.54) is 12.2 Å². The molecule has 108 valence electrons. The summed E-state index contributed by atoms with van der Waals surface area (Å²) in [4.78, 5) is 17.3. The van der Waals surface area contributed by atoms with Gasteiger partial charge < -0.3 is 14.7 Å². The Morgan fingerprint density at radius 1 is 1.35 bits per heavy atom. The molecule has 1 aliphatic rings. The Kier molecular flexibility index (Phi) is 4.50. The van der Waals surface area contributed by atoms with E-state index in [9.17, 15) is 9.90 Å². The number of aliphatic hydroxyl groups excluding tert-OH is 1. The molecule has 1 fully saturated rings.